The maximum Gasteiger partial charge on any atom is 0.262 e. The SMILES string of the molecule is Cc1ccc(C(=O)[O-])cc1S(=O)(=O)Nc1ccc(Cl)cc1. The van der Waals surface area contributed by atoms with Crippen LogP contribution in [0.2, 0.25) is 5.02 Å². The van der Waals surface area contributed by atoms with Crippen LogP contribution in [0, 0.1) is 6.92 Å². The Balaban J connectivity index is 2.41. The van der Waals surface area contributed by atoms with Crippen molar-refractivity contribution in [3.63, 3.8) is 0 Å². The van der Waals surface area contributed by atoms with Crippen molar-refractivity contribution < 1.29 is 18.3 Å². The number of carboxylic acids is 1. The maximum absolute atomic E-state index is 12.3. The van der Waals surface area contributed by atoms with E-state index >= 15 is 0 Å². The van der Waals surface area contributed by atoms with Crippen molar-refractivity contribution in [2.45, 2.75) is 11.8 Å². The number of carbonyl (C=O) groups excluding carboxylic acids is 1. The third-order valence-corrected chi connectivity index (χ3v) is 4.59. The summed E-state index contributed by atoms with van der Waals surface area (Å²) >= 11 is 5.73. The Morgan fingerprint density at radius 2 is 1.76 bits per heavy atom. The van der Waals surface area contributed by atoms with Crippen molar-refractivity contribution in [2.75, 3.05) is 4.72 Å². The van der Waals surface area contributed by atoms with Crippen LogP contribution in [0.25, 0.3) is 0 Å². The summed E-state index contributed by atoms with van der Waals surface area (Å²) in [5.74, 6) is -1.43. The van der Waals surface area contributed by atoms with E-state index in [4.69, 9.17) is 11.6 Å². The molecular weight excluding hydrogens is 314 g/mol. The summed E-state index contributed by atoms with van der Waals surface area (Å²) in [6.45, 7) is 1.58. The van der Waals surface area contributed by atoms with E-state index in [1.54, 1.807) is 19.1 Å². The summed E-state index contributed by atoms with van der Waals surface area (Å²) in [7, 11) is -3.90. The van der Waals surface area contributed by atoms with Crippen molar-refractivity contribution in [3.8, 4) is 0 Å². The molecule has 0 heterocycles. The Hall–Kier alpha value is -2.05. The normalized spacial score (nSPS) is 11.1. The molecule has 0 bridgehead atoms. The monoisotopic (exact) mass is 324 g/mol. The van der Waals surface area contributed by atoms with E-state index in [1.807, 2.05) is 0 Å². The van der Waals surface area contributed by atoms with Crippen LogP contribution in [0.5, 0.6) is 0 Å². The Morgan fingerprint density at radius 3 is 2.33 bits per heavy atom. The molecule has 0 fully saturated rings. The fraction of sp³-hybridized carbons (Fsp3) is 0.0714. The fourth-order valence-corrected chi connectivity index (χ4v) is 3.20. The number of rotatable bonds is 4. The molecule has 0 aliphatic rings. The number of benzene rings is 2. The van der Waals surface area contributed by atoms with Gasteiger partial charge in [0, 0.05) is 10.7 Å². The first-order valence-electron chi connectivity index (χ1n) is 5.90. The Kier molecular flexibility index (Phi) is 4.20. The predicted molar refractivity (Wildman–Crippen MR) is 77.8 cm³/mol. The van der Waals surface area contributed by atoms with Gasteiger partial charge in [0.05, 0.1) is 10.9 Å². The van der Waals surface area contributed by atoms with Gasteiger partial charge in [0.15, 0.2) is 0 Å². The van der Waals surface area contributed by atoms with Crippen LogP contribution in [0.1, 0.15) is 15.9 Å². The lowest BCUT2D eigenvalue weighted by Gasteiger charge is -2.12. The first-order valence-corrected chi connectivity index (χ1v) is 7.76. The Morgan fingerprint density at radius 1 is 1.14 bits per heavy atom. The molecule has 0 aliphatic heterocycles. The number of carbonyl (C=O) groups is 1. The molecule has 1 N–H and O–H groups in total. The number of hydrogen-bond acceptors (Lipinski definition) is 4. The molecule has 110 valence electrons. The van der Waals surface area contributed by atoms with Gasteiger partial charge in [-0.3, -0.25) is 4.72 Å². The zero-order valence-electron chi connectivity index (χ0n) is 11.0. The molecule has 0 saturated carbocycles. The number of aromatic carboxylic acids is 1. The van der Waals surface area contributed by atoms with E-state index in [9.17, 15) is 18.3 Å². The van der Waals surface area contributed by atoms with Crippen LogP contribution < -0.4 is 9.83 Å². The number of aryl methyl sites for hydroxylation is 1. The highest BCUT2D eigenvalue weighted by Gasteiger charge is 2.17. The molecule has 0 amide bonds. The highest BCUT2D eigenvalue weighted by Crippen LogP contribution is 2.21. The Labute approximate surface area is 127 Å². The largest absolute Gasteiger partial charge is 0.545 e. The van der Waals surface area contributed by atoms with Crippen LogP contribution >= 0.6 is 11.6 Å². The van der Waals surface area contributed by atoms with E-state index in [0.717, 1.165) is 6.07 Å². The third-order valence-electron chi connectivity index (χ3n) is 2.81. The molecule has 2 rings (SSSR count). The van der Waals surface area contributed by atoms with Crippen molar-refractivity contribution in [3.05, 3.63) is 58.6 Å². The number of halogens is 1. The smallest absolute Gasteiger partial charge is 0.262 e. The quantitative estimate of drug-likeness (QED) is 0.929. The topological polar surface area (TPSA) is 86.3 Å². The first-order chi connectivity index (χ1) is 9.79. The van der Waals surface area contributed by atoms with Gasteiger partial charge in [0.2, 0.25) is 0 Å². The van der Waals surface area contributed by atoms with E-state index in [2.05, 4.69) is 4.72 Å². The van der Waals surface area contributed by atoms with Crippen molar-refractivity contribution >= 4 is 33.3 Å². The lowest BCUT2D eigenvalue weighted by molar-refractivity contribution is -0.255. The molecule has 0 saturated heterocycles. The molecule has 21 heavy (non-hydrogen) atoms. The van der Waals surface area contributed by atoms with E-state index in [1.165, 1.54) is 24.3 Å². The molecular formula is C14H11ClNO4S-. The Bertz CT molecular complexity index is 785. The van der Waals surface area contributed by atoms with Gasteiger partial charge in [-0.1, -0.05) is 23.7 Å². The van der Waals surface area contributed by atoms with Crippen LogP contribution in [-0.2, 0) is 10.0 Å². The maximum atomic E-state index is 12.3. The van der Waals surface area contributed by atoms with Crippen LogP contribution in [0.3, 0.4) is 0 Å². The highest BCUT2D eigenvalue weighted by molar-refractivity contribution is 7.92. The number of nitrogens with one attached hydrogen (secondary N) is 1. The average Bonchev–Trinajstić information content (AvgIpc) is 2.41. The highest BCUT2D eigenvalue weighted by atomic mass is 35.5. The van der Waals surface area contributed by atoms with Gasteiger partial charge in [-0.2, -0.15) is 0 Å². The molecule has 0 aliphatic carbocycles. The molecule has 2 aromatic carbocycles. The number of anilines is 1. The molecule has 2 aromatic rings. The predicted octanol–water partition coefficient (Wildman–Crippen LogP) is 1.81. The number of hydrogen-bond donors (Lipinski definition) is 1. The summed E-state index contributed by atoms with van der Waals surface area (Å²) in [5, 5.41) is 11.3. The summed E-state index contributed by atoms with van der Waals surface area (Å²) in [6, 6.07) is 9.90. The molecule has 0 spiro atoms. The summed E-state index contributed by atoms with van der Waals surface area (Å²) in [6.07, 6.45) is 0. The lowest BCUT2D eigenvalue weighted by atomic mass is 10.1. The molecule has 0 unspecified atom stereocenters. The molecule has 0 radical (unpaired) electrons. The van der Waals surface area contributed by atoms with Gasteiger partial charge in [-0.25, -0.2) is 8.42 Å². The minimum absolute atomic E-state index is 0.112. The zero-order chi connectivity index (χ0) is 15.6. The molecule has 0 aromatic heterocycles. The van der Waals surface area contributed by atoms with Gasteiger partial charge in [-0.15, -0.1) is 0 Å². The van der Waals surface area contributed by atoms with Crippen molar-refractivity contribution in [2.24, 2.45) is 0 Å². The zero-order valence-corrected chi connectivity index (χ0v) is 12.5. The van der Waals surface area contributed by atoms with Crippen molar-refractivity contribution in [1.29, 1.82) is 0 Å². The van der Waals surface area contributed by atoms with Crippen LogP contribution in [-0.4, -0.2) is 14.4 Å². The molecule has 5 nitrogen and oxygen atoms in total. The molecule has 7 heteroatoms. The second-order valence-corrected chi connectivity index (χ2v) is 6.47. The summed E-state index contributed by atoms with van der Waals surface area (Å²) in [4.78, 5) is 10.7. The minimum Gasteiger partial charge on any atom is -0.545 e. The van der Waals surface area contributed by atoms with Crippen molar-refractivity contribution in [1.82, 2.24) is 0 Å². The first kappa shape index (κ1) is 15.3. The van der Waals surface area contributed by atoms with E-state index < -0.39 is 16.0 Å². The second kappa shape index (κ2) is 5.75. The summed E-state index contributed by atoms with van der Waals surface area (Å²) < 4.78 is 27.0. The number of sulfonamides is 1. The van der Waals surface area contributed by atoms with Crippen LogP contribution in [0.4, 0.5) is 5.69 Å². The number of carboxylic acid groups (broad SMARTS) is 1. The van der Waals surface area contributed by atoms with Gasteiger partial charge in [-0.05, 0) is 48.4 Å². The van der Waals surface area contributed by atoms with E-state index in [-0.39, 0.29) is 10.5 Å². The van der Waals surface area contributed by atoms with Gasteiger partial charge >= 0.3 is 0 Å². The fourth-order valence-electron chi connectivity index (χ4n) is 1.74. The van der Waals surface area contributed by atoms with E-state index in [0.29, 0.717) is 16.3 Å². The van der Waals surface area contributed by atoms with Gasteiger partial charge in [0.1, 0.15) is 0 Å². The minimum atomic E-state index is -3.90. The van der Waals surface area contributed by atoms with Gasteiger partial charge < -0.3 is 9.90 Å². The standard InChI is InChI=1S/C14H12ClNO4S/c1-9-2-3-10(14(17)18)8-13(9)21(19,20)16-12-6-4-11(15)5-7-12/h2-8,16H,1H3,(H,17,18)/p-1. The second-order valence-electron chi connectivity index (χ2n) is 4.38. The lowest BCUT2D eigenvalue weighted by Crippen LogP contribution is -2.23. The summed E-state index contributed by atoms with van der Waals surface area (Å²) in [5.41, 5.74) is 0.566. The average molecular weight is 325 g/mol. The molecule has 0 atom stereocenters. The van der Waals surface area contributed by atoms with Gasteiger partial charge in [0.25, 0.3) is 10.0 Å². The van der Waals surface area contributed by atoms with Crippen LogP contribution in [0.15, 0.2) is 47.4 Å². The third kappa shape index (κ3) is 3.53.